The number of sulfone groups is 1. The van der Waals surface area contributed by atoms with E-state index in [0.29, 0.717) is 34.7 Å². The molecule has 0 radical (unpaired) electrons. The van der Waals surface area contributed by atoms with Gasteiger partial charge in [0.25, 0.3) is 11.8 Å². The standard InChI is InChI=1S/C25H29N3O4S2/c1-5-33-15-14-26-24(29)21-8-6-7-9-23(21)28-17(2)16-22(18(28)3)25(30)27-19-10-12-20(13-11-19)34(4,31)32/h6-13,16H,5,14-15H2,1-4H3,(H,26,29)(H,27,30). The number of hydrogen-bond acceptors (Lipinski definition) is 5. The molecule has 2 N–H and O–H groups in total. The molecular weight excluding hydrogens is 470 g/mol. The average Bonchev–Trinajstić information content (AvgIpc) is 3.10. The van der Waals surface area contributed by atoms with Gasteiger partial charge in [0.2, 0.25) is 0 Å². The predicted molar refractivity (Wildman–Crippen MR) is 138 cm³/mol. The number of nitrogens with zero attached hydrogens (tertiary/aromatic N) is 1. The van der Waals surface area contributed by atoms with Gasteiger partial charge in [-0.1, -0.05) is 19.1 Å². The third-order valence-corrected chi connectivity index (χ3v) is 7.37. The number of nitrogens with one attached hydrogen (secondary N) is 2. The van der Waals surface area contributed by atoms with Crippen molar-refractivity contribution in [2.75, 3.05) is 29.6 Å². The Morgan fingerprint density at radius 3 is 2.29 bits per heavy atom. The van der Waals surface area contributed by atoms with Crippen molar-refractivity contribution in [3.05, 3.63) is 77.1 Å². The van der Waals surface area contributed by atoms with Crippen LogP contribution in [0.4, 0.5) is 5.69 Å². The van der Waals surface area contributed by atoms with Crippen LogP contribution in [0.2, 0.25) is 0 Å². The number of benzene rings is 2. The molecule has 2 aromatic carbocycles. The van der Waals surface area contributed by atoms with Crippen molar-refractivity contribution in [2.24, 2.45) is 0 Å². The zero-order valence-corrected chi connectivity index (χ0v) is 21.3. The lowest BCUT2D eigenvalue weighted by Crippen LogP contribution is -2.27. The van der Waals surface area contributed by atoms with Crippen LogP contribution in [0.15, 0.2) is 59.5 Å². The quantitative estimate of drug-likeness (QED) is 0.430. The molecule has 0 saturated heterocycles. The summed E-state index contributed by atoms with van der Waals surface area (Å²) in [6.07, 6.45) is 1.14. The summed E-state index contributed by atoms with van der Waals surface area (Å²) >= 11 is 1.77. The Hall–Kier alpha value is -3.04. The van der Waals surface area contributed by atoms with E-state index in [1.165, 1.54) is 12.1 Å². The van der Waals surface area contributed by atoms with Crippen LogP contribution in [0.25, 0.3) is 5.69 Å². The Kier molecular flexibility index (Phi) is 8.22. The highest BCUT2D eigenvalue weighted by Crippen LogP contribution is 2.25. The summed E-state index contributed by atoms with van der Waals surface area (Å²) in [5.74, 6) is 1.38. The molecule has 0 spiro atoms. The van der Waals surface area contributed by atoms with Crippen LogP contribution >= 0.6 is 11.8 Å². The van der Waals surface area contributed by atoms with Crippen LogP contribution in [0.1, 0.15) is 39.0 Å². The first-order valence-corrected chi connectivity index (χ1v) is 13.9. The highest BCUT2D eigenvalue weighted by Gasteiger charge is 2.20. The van der Waals surface area contributed by atoms with E-state index in [-0.39, 0.29) is 16.7 Å². The van der Waals surface area contributed by atoms with Crippen LogP contribution in [-0.2, 0) is 9.84 Å². The van der Waals surface area contributed by atoms with Crippen molar-refractivity contribution >= 4 is 39.1 Å². The van der Waals surface area contributed by atoms with Gasteiger partial charge in [0.05, 0.1) is 21.7 Å². The normalized spacial score (nSPS) is 11.3. The van der Waals surface area contributed by atoms with Crippen LogP contribution in [0, 0.1) is 13.8 Å². The molecule has 0 aliphatic rings. The molecule has 180 valence electrons. The molecule has 34 heavy (non-hydrogen) atoms. The Labute approximate surface area is 204 Å². The summed E-state index contributed by atoms with van der Waals surface area (Å²) in [6, 6.07) is 15.1. The fourth-order valence-electron chi connectivity index (χ4n) is 3.68. The van der Waals surface area contributed by atoms with E-state index in [4.69, 9.17) is 0 Å². The number of hydrogen-bond donors (Lipinski definition) is 2. The van der Waals surface area contributed by atoms with Crippen molar-refractivity contribution in [3.8, 4) is 5.69 Å². The summed E-state index contributed by atoms with van der Waals surface area (Å²) in [5.41, 5.74) is 3.72. The fraction of sp³-hybridized carbons (Fsp3) is 0.280. The monoisotopic (exact) mass is 499 g/mol. The largest absolute Gasteiger partial charge is 0.351 e. The van der Waals surface area contributed by atoms with Gasteiger partial charge in [-0.05, 0) is 62.1 Å². The third kappa shape index (κ3) is 5.90. The number of para-hydroxylation sites is 1. The summed E-state index contributed by atoms with van der Waals surface area (Å²) in [4.78, 5) is 26.0. The van der Waals surface area contributed by atoms with E-state index >= 15 is 0 Å². The second kappa shape index (κ2) is 10.9. The van der Waals surface area contributed by atoms with Gasteiger partial charge in [-0.2, -0.15) is 11.8 Å². The van der Waals surface area contributed by atoms with E-state index in [1.807, 2.05) is 36.6 Å². The molecule has 1 aromatic heterocycles. The number of carbonyl (C=O) groups is 2. The molecule has 3 rings (SSSR count). The number of aryl methyl sites for hydroxylation is 1. The molecule has 0 aliphatic carbocycles. The van der Waals surface area contributed by atoms with Crippen molar-refractivity contribution in [1.82, 2.24) is 9.88 Å². The number of aromatic nitrogens is 1. The first-order valence-electron chi connectivity index (χ1n) is 10.9. The minimum absolute atomic E-state index is 0.156. The Balaban J connectivity index is 1.86. The number of amides is 2. The van der Waals surface area contributed by atoms with Crippen LogP contribution in [0.5, 0.6) is 0 Å². The molecule has 0 saturated carbocycles. The summed E-state index contributed by atoms with van der Waals surface area (Å²) in [6.45, 7) is 6.39. The second-order valence-corrected chi connectivity index (χ2v) is 11.3. The maximum Gasteiger partial charge on any atom is 0.257 e. The Morgan fingerprint density at radius 1 is 0.971 bits per heavy atom. The molecule has 2 amide bonds. The van der Waals surface area contributed by atoms with E-state index in [2.05, 4.69) is 17.6 Å². The number of anilines is 1. The summed E-state index contributed by atoms with van der Waals surface area (Å²) in [5, 5.41) is 5.78. The van der Waals surface area contributed by atoms with E-state index in [9.17, 15) is 18.0 Å². The van der Waals surface area contributed by atoms with Gasteiger partial charge in [0.15, 0.2) is 9.84 Å². The van der Waals surface area contributed by atoms with Crippen LogP contribution in [-0.4, -0.2) is 49.1 Å². The minimum Gasteiger partial charge on any atom is -0.351 e. The number of thioether (sulfide) groups is 1. The highest BCUT2D eigenvalue weighted by atomic mass is 32.2. The molecular formula is C25H29N3O4S2. The molecule has 0 bridgehead atoms. The molecule has 1 heterocycles. The van der Waals surface area contributed by atoms with E-state index in [0.717, 1.165) is 23.5 Å². The number of rotatable bonds is 9. The van der Waals surface area contributed by atoms with Crippen molar-refractivity contribution in [1.29, 1.82) is 0 Å². The first kappa shape index (κ1) is 25.6. The molecule has 0 unspecified atom stereocenters. The van der Waals surface area contributed by atoms with Crippen molar-refractivity contribution in [3.63, 3.8) is 0 Å². The number of carbonyl (C=O) groups excluding carboxylic acids is 2. The highest BCUT2D eigenvalue weighted by molar-refractivity contribution is 7.99. The van der Waals surface area contributed by atoms with Gasteiger partial charge in [0.1, 0.15) is 0 Å². The predicted octanol–water partition coefficient (Wildman–Crippen LogP) is 4.23. The molecule has 0 aliphatic heterocycles. The lowest BCUT2D eigenvalue weighted by molar-refractivity contribution is 0.0955. The topological polar surface area (TPSA) is 97.3 Å². The second-order valence-electron chi connectivity index (χ2n) is 7.84. The molecule has 3 aromatic rings. The van der Waals surface area contributed by atoms with Crippen molar-refractivity contribution < 1.29 is 18.0 Å². The zero-order valence-electron chi connectivity index (χ0n) is 19.7. The maximum absolute atomic E-state index is 13.0. The first-order chi connectivity index (χ1) is 16.1. The SMILES string of the molecule is CCSCCNC(=O)c1ccccc1-n1c(C)cc(C(=O)Nc2ccc(S(C)(=O)=O)cc2)c1C. The summed E-state index contributed by atoms with van der Waals surface area (Å²) in [7, 11) is -3.31. The van der Waals surface area contributed by atoms with Gasteiger partial charge in [-0.25, -0.2) is 8.42 Å². The zero-order chi connectivity index (χ0) is 24.9. The van der Waals surface area contributed by atoms with Gasteiger partial charge >= 0.3 is 0 Å². The molecule has 7 nitrogen and oxygen atoms in total. The average molecular weight is 500 g/mol. The fourth-order valence-corrected chi connectivity index (χ4v) is 4.85. The van der Waals surface area contributed by atoms with Crippen LogP contribution < -0.4 is 10.6 Å². The van der Waals surface area contributed by atoms with Crippen molar-refractivity contribution in [2.45, 2.75) is 25.7 Å². The smallest absolute Gasteiger partial charge is 0.257 e. The van der Waals surface area contributed by atoms with Gasteiger partial charge in [-0.15, -0.1) is 0 Å². The van der Waals surface area contributed by atoms with Gasteiger partial charge in [0, 0.05) is 35.6 Å². The lowest BCUT2D eigenvalue weighted by atomic mass is 10.1. The minimum atomic E-state index is -3.31. The Morgan fingerprint density at radius 2 is 1.65 bits per heavy atom. The molecule has 0 fully saturated rings. The maximum atomic E-state index is 13.0. The molecule has 9 heteroatoms. The molecule has 0 atom stereocenters. The summed E-state index contributed by atoms with van der Waals surface area (Å²) < 4.78 is 25.2. The third-order valence-electron chi connectivity index (χ3n) is 5.34. The van der Waals surface area contributed by atoms with Gasteiger partial charge < -0.3 is 15.2 Å². The van der Waals surface area contributed by atoms with Gasteiger partial charge in [-0.3, -0.25) is 9.59 Å². The lowest BCUT2D eigenvalue weighted by Gasteiger charge is -2.15. The van der Waals surface area contributed by atoms with E-state index in [1.54, 1.807) is 36.0 Å². The van der Waals surface area contributed by atoms with Crippen LogP contribution in [0.3, 0.4) is 0 Å². The Bertz CT molecular complexity index is 1300. The van der Waals surface area contributed by atoms with E-state index < -0.39 is 9.84 Å².